The molecule has 19 heavy (non-hydrogen) atoms. The van der Waals surface area contributed by atoms with Gasteiger partial charge >= 0.3 is 5.97 Å². The van der Waals surface area contributed by atoms with Crippen LogP contribution in [0.3, 0.4) is 0 Å². The number of carboxylic acid groups (broad SMARTS) is 1. The molecule has 1 atom stereocenters. The molecule has 0 heterocycles. The molecule has 1 aromatic carbocycles. The van der Waals surface area contributed by atoms with Crippen LogP contribution in [0.2, 0.25) is 0 Å². The minimum Gasteiger partial charge on any atom is -0.481 e. The van der Waals surface area contributed by atoms with Gasteiger partial charge in [-0.25, -0.2) is 0 Å². The molecule has 5 heteroatoms. The van der Waals surface area contributed by atoms with E-state index in [1.165, 1.54) is 5.56 Å². The van der Waals surface area contributed by atoms with E-state index in [4.69, 9.17) is 10.8 Å². The van der Waals surface area contributed by atoms with Crippen LogP contribution in [-0.2, 0) is 16.0 Å². The van der Waals surface area contributed by atoms with Gasteiger partial charge in [-0.15, -0.1) is 0 Å². The van der Waals surface area contributed by atoms with E-state index in [9.17, 15) is 9.59 Å². The Kier molecular flexibility index (Phi) is 6.60. The summed E-state index contributed by atoms with van der Waals surface area (Å²) in [6.45, 7) is 0.527. The molecule has 5 nitrogen and oxygen atoms in total. The molecule has 0 saturated carbocycles. The Morgan fingerprint density at radius 2 is 1.89 bits per heavy atom. The maximum atomic E-state index is 11.4. The van der Waals surface area contributed by atoms with Crippen LogP contribution >= 0.6 is 0 Å². The third-order valence-electron chi connectivity index (χ3n) is 2.77. The first-order valence-electron chi connectivity index (χ1n) is 6.38. The molecule has 1 rings (SSSR count). The lowest BCUT2D eigenvalue weighted by Crippen LogP contribution is -2.42. The molecule has 104 valence electrons. The lowest BCUT2D eigenvalue weighted by molar-refractivity contribution is -0.139. The summed E-state index contributed by atoms with van der Waals surface area (Å²) < 4.78 is 0. The number of hydrogen-bond acceptors (Lipinski definition) is 3. The zero-order valence-electron chi connectivity index (χ0n) is 10.8. The molecule has 1 aromatic rings. The summed E-state index contributed by atoms with van der Waals surface area (Å²) in [5.74, 6) is -1.46. The second kappa shape index (κ2) is 8.26. The Bertz CT molecular complexity index is 406. The second-order valence-corrected chi connectivity index (χ2v) is 4.44. The molecular formula is C14H20N2O3. The van der Waals surface area contributed by atoms with Crippen LogP contribution in [0.25, 0.3) is 0 Å². The van der Waals surface area contributed by atoms with Crippen molar-refractivity contribution in [3.05, 3.63) is 35.9 Å². The highest BCUT2D eigenvalue weighted by Gasteiger charge is 2.15. The Morgan fingerprint density at radius 3 is 2.53 bits per heavy atom. The number of carboxylic acids is 1. The van der Waals surface area contributed by atoms with E-state index < -0.39 is 17.9 Å². The van der Waals surface area contributed by atoms with E-state index >= 15 is 0 Å². The van der Waals surface area contributed by atoms with Gasteiger partial charge in [-0.2, -0.15) is 0 Å². The van der Waals surface area contributed by atoms with Crippen molar-refractivity contribution in [1.29, 1.82) is 0 Å². The lowest BCUT2D eigenvalue weighted by Gasteiger charge is -2.09. The third-order valence-corrected chi connectivity index (χ3v) is 2.77. The number of rotatable bonds is 8. The summed E-state index contributed by atoms with van der Waals surface area (Å²) >= 11 is 0. The van der Waals surface area contributed by atoms with Crippen molar-refractivity contribution in [1.82, 2.24) is 5.32 Å². The van der Waals surface area contributed by atoms with Crippen molar-refractivity contribution < 1.29 is 14.7 Å². The number of amides is 1. The molecule has 0 saturated heterocycles. The van der Waals surface area contributed by atoms with E-state index in [2.05, 4.69) is 17.4 Å². The fraction of sp³-hybridized carbons (Fsp3) is 0.429. The van der Waals surface area contributed by atoms with Gasteiger partial charge in [0.15, 0.2) is 0 Å². The number of aryl methyl sites for hydroxylation is 1. The number of carbonyl (C=O) groups is 2. The predicted octanol–water partition coefficient (Wildman–Crippen LogP) is 0.927. The molecule has 0 aromatic heterocycles. The zero-order chi connectivity index (χ0) is 14.1. The van der Waals surface area contributed by atoms with Crippen LogP contribution in [0, 0.1) is 0 Å². The SMILES string of the molecule is N[C@@H](CC(=O)O)C(=O)NCCCCc1ccccc1. The summed E-state index contributed by atoms with van der Waals surface area (Å²) in [5, 5.41) is 11.2. The van der Waals surface area contributed by atoms with Gasteiger partial charge in [0.25, 0.3) is 0 Å². The maximum absolute atomic E-state index is 11.4. The maximum Gasteiger partial charge on any atom is 0.305 e. The number of unbranched alkanes of at least 4 members (excludes halogenated alkanes) is 1. The van der Waals surface area contributed by atoms with Crippen molar-refractivity contribution in [3.8, 4) is 0 Å². The summed E-state index contributed by atoms with van der Waals surface area (Å²) in [7, 11) is 0. The van der Waals surface area contributed by atoms with E-state index in [0.717, 1.165) is 19.3 Å². The fourth-order valence-corrected chi connectivity index (χ4v) is 1.72. The highest BCUT2D eigenvalue weighted by Crippen LogP contribution is 2.03. The molecular weight excluding hydrogens is 244 g/mol. The Morgan fingerprint density at radius 1 is 1.21 bits per heavy atom. The molecule has 0 spiro atoms. The quantitative estimate of drug-likeness (QED) is 0.609. The number of carbonyl (C=O) groups excluding carboxylic acids is 1. The number of hydrogen-bond donors (Lipinski definition) is 3. The molecule has 0 bridgehead atoms. The van der Waals surface area contributed by atoms with E-state index in [1.54, 1.807) is 0 Å². The van der Waals surface area contributed by atoms with Crippen LogP contribution in [0.5, 0.6) is 0 Å². The van der Waals surface area contributed by atoms with Crippen LogP contribution < -0.4 is 11.1 Å². The molecule has 0 unspecified atom stereocenters. The lowest BCUT2D eigenvalue weighted by atomic mass is 10.1. The number of nitrogens with two attached hydrogens (primary N) is 1. The first kappa shape index (κ1) is 15.2. The zero-order valence-corrected chi connectivity index (χ0v) is 10.8. The molecule has 1 amide bonds. The Balaban J connectivity index is 2.10. The Labute approximate surface area is 112 Å². The first-order chi connectivity index (χ1) is 9.09. The third kappa shape index (κ3) is 6.57. The van der Waals surface area contributed by atoms with E-state index in [-0.39, 0.29) is 6.42 Å². The summed E-state index contributed by atoms with van der Waals surface area (Å²) in [6.07, 6.45) is 2.45. The molecule has 4 N–H and O–H groups in total. The van der Waals surface area contributed by atoms with Gasteiger partial charge in [0.1, 0.15) is 0 Å². The average molecular weight is 264 g/mol. The number of benzene rings is 1. The monoisotopic (exact) mass is 264 g/mol. The fourth-order valence-electron chi connectivity index (χ4n) is 1.72. The summed E-state index contributed by atoms with van der Waals surface area (Å²) in [6, 6.07) is 9.16. The van der Waals surface area contributed by atoms with Crippen molar-refractivity contribution in [2.45, 2.75) is 31.7 Å². The van der Waals surface area contributed by atoms with Crippen molar-refractivity contribution in [3.63, 3.8) is 0 Å². The predicted molar refractivity (Wildman–Crippen MR) is 72.6 cm³/mol. The topological polar surface area (TPSA) is 92.4 Å². The van der Waals surface area contributed by atoms with Crippen LogP contribution in [0.4, 0.5) is 0 Å². The highest BCUT2D eigenvalue weighted by molar-refractivity contribution is 5.85. The molecule has 0 aliphatic rings. The molecule has 0 aliphatic heterocycles. The van der Waals surface area contributed by atoms with Crippen LogP contribution in [0.1, 0.15) is 24.8 Å². The van der Waals surface area contributed by atoms with E-state index in [0.29, 0.717) is 6.54 Å². The minimum atomic E-state index is -1.06. The second-order valence-electron chi connectivity index (χ2n) is 4.44. The van der Waals surface area contributed by atoms with Gasteiger partial charge < -0.3 is 16.2 Å². The first-order valence-corrected chi connectivity index (χ1v) is 6.38. The number of aliphatic carboxylic acids is 1. The van der Waals surface area contributed by atoms with Gasteiger partial charge in [0.05, 0.1) is 12.5 Å². The van der Waals surface area contributed by atoms with Crippen LogP contribution in [0.15, 0.2) is 30.3 Å². The average Bonchev–Trinajstić information content (AvgIpc) is 2.38. The van der Waals surface area contributed by atoms with Gasteiger partial charge in [-0.3, -0.25) is 9.59 Å². The van der Waals surface area contributed by atoms with Crippen molar-refractivity contribution >= 4 is 11.9 Å². The molecule has 0 aliphatic carbocycles. The largest absolute Gasteiger partial charge is 0.481 e. The summed E-state index contributed by atoms with van der Waals surface area (Å²) in [4.78, 5) is 21.8. The minimum absolute atomic E-state index is 0.337. The normalized spacial score (nSPS) is 11.8. The molecule has 0 radical (unpaired) electrons. The van der Waals surface area contributed by atoms with Crippen molar-refractivity contribution in [2.75, 3.05) is 6.54 Å². The smallest absolute Gasteiger partial charge is 0.305 e. The summed E-state index contributed by atoms with van der Waals surface area (Å²) in [5.41, 5.74) is 6.71. The van der Waals surface area contributed by atoms with E-state index in [1.807, 2.05) is 18.2 Å². The Hall–Kier alpha value is -1.88. The van der Waals surface area contributed by atoms with Gasteiger partial charge in [0.2, 0.25) is 5.91 Å². The molecule has 0 fully saturated rings. The highest BCUT2D eigenvalue weighted by atomic mass is 16.4. The van der Waals surface area contributed by atoms with Crippen LogP contribution in [-0.4, -0.2) is 29.6 Å². The van der Waals surface area contributed by atoms with Gasteiger partial charge in [-0.05, 0) is 24.8 Å². The van der Waals surface area contributed by atoms with Gasteiger partial charge in [-0.1, -0.05) is 30.3 Å². The standard InChI is InChI=1S/C14H20N2O3/c15-12(10-13(17)18)14(19)16-9-5-4-8-11-6-2-1-3-7-11/h1-3,6-7,12H,4-5,8-10,15H2,(H,16,19)(H,17,18)/t12-/m0/s1. The number of nitrogens with one attached hydrogen (secondary N) is 1. The van der Waals surface area contributed by atoms with Crippen molar-refractivity contribution in [2.24, 2.45) is 5.73 Å². The van der Waals surface area contributed by atoms with Gasteiger partial charge in [0, 0.05) is 6.54 Å².